The Kier molecular flexibility index (Phi) is 5.54. The topological polar surface area (TPSA) is 91.8 Å². The Morgan fingerprint density at radius 2 is 2.30 bits per heavy atom. The van der Waals surface area contributed by atoms with E-state index in [4.69, 9.17) is 4.74 Å². The number of nitrogens with one attached hydrogen (secondary N) is 1. The van der Waals surface area contributed by atoms with Gasteiger partial charge in [0.15, 0.2) is 0 Å². The molecule has 1 fully saturated rings. The lowest BCUT2D eigenvalue weighted by Crippen LogP contribution is -2.43. The molecular formula is C16H23N3O4. The lowest BCUT2D eigenvalue weighted by Gasteiger charge is -2.24. The maximum atomic E-state index is 12.2. The predicted octanol–water partition coefficient (Wildman–Crippen LogP) is 1.07. The van der Waals surface area contributed by atoms with Gasteiger partial charge in [0.2, 0.25) is 0 Å². The largest absolute Gasteiger partial charge is 0.481 e. The van der Waals surface area contributed by atoms with E-state index in [1.54, 1.807) is 11.1 Å². The summed E-state index contributed by atoms with van der Waals surface area (Å²) in [5.41, 5.74) is 1.05. The van der Waals surface area contributed by atoms with Crippen molar-refractivity contribution in [2.24, 2.45) is 5.41 Å². The van der Waals surface area contributed by atoms with Crippen LogP contribution in [0.4, 0.5) is 4.79 Å². The minimum atomic E-state index is -0.996. The molecule has 7 nitrogen and oxygen atoms in total. The van der Waals surface area contributed by atoms with Gasteiger partial charge < -0.3 is 20.1 Å². The van der Waals surface area contributed by atoms with Crippen LogP contribution in [0, 0.1) is 12.3 Å². The van der Waals surface area contributed by atoms with Gasteiger partial charge in [0, 0.05) is 45.1 Å². The van der Waals surface area contributed by atoms with Crippen molar-refractivity contribution in [2.45, 2.75) is 19.8 Å². The Morgan fingerprint density at radius 3 is 2.96 bits per heavy atom. The number of hydrogen-bond donors (Lipinski definition) is 2. The third kappa shape index (κ3) is 3.98. The van der Waals surface area contributed by atoms with E-state index in [0.717, 1.165) is 11.3 Å². The van der Waals surface area contributed by atoms with Crippen molar-refractivity contribution in [2.75, 3.05) is 33.4 Å². The number of nitrogens with zero attached hydrogens (tertiary/aromatic N) is 2. The molecule has 0 aromatic carbocycles. The average Bonchev–Trinajstić information content (AvgIpc) is 2.95. The third-order valence-corrected chi connectivity index (χ3v) is 4.27. The molecule has 7 heteroatoms. The van der Waals surface area contributed by atoms with E-state index in [1.165, 1.54) is 7.11 Å². The van der Waals surface area contributed by atoms with E-state index in [9.17, 15) is 14.7 Å². The van der Waals surface area contributed by atoms with Crippen LogP contribution < -0.4 is 5.32 Å². The summed E-state index contributed by atoms with van der Waals surface area (Å²) in [5.74, 6) is -0.918. The molecule has 23 heavy (non-hydrogen) atoms. The first-order chi connectivity index (χ1) is 11.0. The fourth-order valence-electron chi connectivity index (χ4n) is 2.86. The maximum absolute atomic E-state index is 12.2. The molecule has 1 aromatic rings. The molecule has 0 radical (unpaired) electrons. The number of pyridine rings is 1. The number of carbonyl (C=O) groups excluding carboxylic acids is 1. The van der Waals surface area contributed by atoms with Crippen molar-refractivity contribution in [3.63, 3.8) is 0 Å². The lowest BCUT2D eigenvalue weighted by atomic mass is 9.88. The van der Waals surface area contributed by atoms with Crippen molar-refractivity contribution >= 4 is 12.0 Å². The quantitative estimate of drug-likeness (QED) is 0.817. The van der Waals surface area contributed by atoms with Gasteiger partial charge in [-0.3, -0.25) is 9.78 Å². The minimum Gasteiger partial charge on any atom is -0.481 e. The summed E-state index contributed by atoms with van der Waals surface area (Å²) in [6.45, 7) is 3.15. The fourth-order valence-corrected chi connectivity index (χ4v) is 2.86. The minimum absolute atomic E-state index is 0.110. The number of carbonyl (C=O) groups is 2. The number of aromatic nitrogens is 1. The number of amides is 2. The molecule has 1 aromatic heterocycles. The Labute approximate surface area is 135 Å². The highest BCUT2D eigenvalue weighted by atomic mass is 16.5. The van der Waals surface area contributed by atoms with Crippen LogP contribution in [0.5, 0.6) is 0 Å². The van der Waals surface area contributed by atoms with Gasteiger partial charge in [0.05, 0.1) is 6.61 Å². The molecule has 2 rings (SSSR count). The fraction of sp³-hybridized carbons (Fsp3) is 0.562. The van der Waals surface area contributed by atoms with Gasteiger partial charge in [-0.05, 0) is 25.0 Å². The molecule has 1 unspecified atom stereocenters. The van der Waals surface area contributed by atoms with Crippen molar-refractivity contribution in [1.29, 1.82) is 0 Å². The molecule has 126 valence electrons. The van der Waals surface area contributed by atoms with Gasteiger partial charge in [-0.25, -0.2) is 4.79 Å². The highest BCUT2D eigenvalue weighted by Crippen LogP contribution is 2.31. The molecule has 0 saturated carbocycles. The zero-order chi connectivity index (χ0) is 16.9. The Hall–Kier alpha value is -2.15. The molecule has 0 aliphatic carbocycles. The smallest absolute Gasteiger partial charge is 0.317 e. The highest BCUT2D eigenvalue weighted by Gasteiger charge is 2.46. The van der Waals surface area contributed by atoms with E-state index in [2.05, 4.69) is 10.3 Å². The number of urea groups is 1. The number of likely N-dealkylation sites (tertiary alicyclic amines) is 1. The molecule has 2 amide bonds. The van der Waals surface area contributed by atoms with Crippen molar-refractivity contribution < 1.29 is 19.4 Å². The average molecular weight is 321 g/mol. The molecule has 2 N–H and O–H groups in total. The summed E-state index contributed by atoms with van der Waals surface area (Å²) in [4.78, 5) is 29.5. The van der Waals surface area contributed by atoms with Gasteiger partial charge in [0.25, 0.3) is 0 Å². The van der Waals surface area contributed by atoms with Crippen LogP contribution in [0.3, 0.4) is 0 Å². The number of aryl methyl sites for hydroxylation is 1. The molecule has 2 heterocycles. The van der Waals surface area contributed by atoms with Crippen LogP contribution in [0.25, 0.3) is 0 Å². The molecule has 0 bridgehead atoms. The SMILES string of the molecule is COCC1(C(=O)O)CCN(C(=O)NCCc2ncccc2C)C1. The molecule has 1 aliphatic heterocycles. The summed E-state index contributed by atoms with van der Waals surface area (Å²) < 4.78 is 5.02. The number of ether oxygens (including phenoxy) is 1. The van der Waals surface area contributed by atoms with Gasteiger partial charge in [-0.1, -0.05) is 6.07 Å². The molecule has 0 spiro atoms. The van der Waals surface area contributed by atoms with E-state index in [-0.39, 0.29) is 19.2 Å². The first-order valence-electron chi connectivity index (χ1n) is 7.64. The summed E-state index contributed by atoms with van der Waals surface area (Å²) in [6, 6.07) is 3.62. The number of carboxylic acid groups (broad SMARTS) is 1. The second-order valence-electron chi connectivity index (χ2n) is 5.94. The second-order valence-corrected chi connectivity index (χ2v) is 5.94. The zero-order valence-electron chi connectivity index (χ0n) is 13.5. The first-order valence-corrected chi connectivity index (χ1v) is 7.64. The van der Waals surface area contributed by atoms with E-state index >= 15 is 0 Å². The monoisotopic (exact) mass is 321 g/mol. The number of hydrogen-bond acceptors (Lipinski definition) is 4. The first kappa shape index (κ1) is 17.2. The summed E-state index contributed by atoms with van der Waals surface area (Å²) in [6.07, 6.45) is 2.79. The number of methoxy groups -OCH3 is 1. The van der Waals surface area contributed by atoms with Crippen molar-refractivity contribution in [3.05, 3.63) is 29.6 Å². The summed E-state index contributed by atoms with van der Waals surface area (Å²) >= 11 is 0. The standard InChI is InChI=1S/C16H23N3O4/c1-12-4-3-7-17-13(12)5-8-18-15(22)19-9-6-16(10-19,11-23-2)14(20)21/h3-4,7H,5-6,8-11H2,1-2H3,(H,18,22)(H,20,21). The van der Waals surface area contributed by atoms with Crippen LogP contribution in [-0.4, -0.2) is 60.3 Å². The Bertz CT molecular complexity index is 578. The molecular weight excluding hydrogens is 298 g/mol. The van der Waals surface area contributed by atoms with Crippen LogP contribution in [0.2, 0.25) is 0 Å². The van der Waals surface area contributed by atoms with Crippen LogP contribution in [0.1, 0.15) is 17.7 Å². The Morgan fingerprint density at radius 1 is 1.52 bits per heavy atom. The number of carboxylic acids is 1. The van der Waals surface area contributed by atoms with Crippen LogP contribution in [-0.2, 0) is 16.0 Å². The van der Waals surface area contributed by atoms with E-state index in [0.29, 0.717) is 25.9 Å². The second kappa shape index (κ2) is 7.41. The normalized spacial score (nSPS) is 20.5. The van der Waals surface area contributed by atoms with Gasteiger partial charge >= 0.3 is 12.0 Å². The van der Waals surface area contributed by atoms with E-state index in [1.807, 2.05) is 19.1 Å². The number of aliphatic carboxylic acids is 1. The van der Waals surface area contributed by atoms with Gasteiger partial charge in [-0.2, -0.15) is 0 Å². The van der Waals surface area contributed by atoms with Crippen molar-refractivity contribution in [1.82, 2.24) is 15.2 Å². The maximum Gasteiger partial charge on any atom is 0.317 e. The molecule has 1 atom stereocenters. The van der Waals surface area contributed by atoms with Gasteiger partial charge in [-0.15, -0.1) is 0 Å². The number of rotatable bonds is 6. The van der Waals surface area contributed by atoms with Gasteiger partial charge in [0.1, 0.15) is 5.41 Å². The Balaban J connectivity index is 1.85. The molecule has 1 saturated heterocycles. The lowest BCUT2D eigenvalue weighted by molar-refractivity contribution is -0.151. The zero-order valence-corrected chi connectivity index (χ0v) is 13.5. The van der Waals surface area contributed by atoms with E-state index < -0.39 is 11.4 Å². The summed E-state index contributed by atoms with van der Waals surface area (Å²) in [5, 5.41) is 12.2. The summed E-state index contributed by atoms with van der Waals surface area (Å²) in [7, 11) is 1.47. The predicted molar refractivity (Wildman–Crippen MR) is 84.2 cm³/mol. The van der Waals surface area contributed by atoms with Crippen LogP contribution in [0.15, 0.2) is 18.3 Å². The molecule has 1 aliphatic rings. The van der Waals surface area contributed by atoms with Crippen LogP contribution >= 0.6 is 0 Å². The van der Waals surface area contributed by atoms with Crippen molar-refractivity contribution in [3.8, 4) is 0 Å². The third-order valence-electron chi connectivity index (χ3n) is 4.27. The highest BCUT2D eigenvalue weighted by molar-refractivity contribution is 5.79.